The van der Waals surface area contributed by atoms with Crippen molar-refractivity contribution in [2.24, 2.45) is 11.8 Å². The maximum Gasteiger partial charge on any atom is 0.325 e. The molecule has 3 rings (SSSR count). The summed E-state index contributed by atoms with van der Waals surface area (Å²) in [5, 5.41) is 3.05. The SMILES string of the molecule is C[C@H]1CCCC[C@]12NC(=O)N(CC1CCCCC1)C2=O. The van der Waals surface area contributed by atoms with E-state index < -0.39 is 5.54 Å². The first-order chi connectivity index (χ1) is 9.63. The average molecular weight is 278 g/mol. The molecule has 1 spiro atoms. The fourth-order valence-electron chi connectivity index (χ4n) is 4.29. The number of urea groups is 1. The van der Waals surface area contributed by atoms with E-state index in [2.05, 4.69) is 12.2 Å². The van der Waals surface area contributed by atoms with Crippen LogP contribution in [0, 0.1) is 11.8 Å². The van der Waals surface area contributed by atoms with Crippen molar-refractivity contribution in [2.45, 2.75) is 70.3 Å². The summed E-state index contributed by atoms with van der Waals surface area (Å²) in [7, 11) is 0. The standard InChI is InChI=1S/C16H26N2O2/c1-12-7-5-6-10-16(12)14(19)18(15(20)17-16)11-13-8-3-2-4-9-13/h12-13H,2-11H2,1H3,(H,17,20)/t12-,16-/m0/s1. The molecule has 1 N–H and O–H groups in total. The molecular weight excluding hydrogens is 252 g/mol. The number of rotatable bonds is 2. The van der Waals surface area contributed by atoms with Crippen molar-refractivity contribution < 1.29 is 9.59 Å². The summed E-state index contributed by atoms with van der Waals surface area (Å²) in [6, 6.07) is -0.144. The molecule has 2 aliphatic carbocycles. The van der Waals surface area contributed by atoms with Gasteiger partial charge in [-0.2, -0.15) is 0 Å². The average Bonchev–Trinajstić information content (AvgIpc) is 2.69. The smallest absolute Gasteiger partial charge is 0.323 e. The Balaban J connectivity index is 1.72. The van der Waals surface area contributed by atoms with E-state index in [-0.39, 0.29) is 17.9 Å². The molecule has 3 amide bonds. The van der Waals surface area contributed by atoms with E-state index >= 15 is 0 Å². The van der Waals surface area contributed by atoms with Gasteiger partial charge in [-0.1, -0.05) is 39.0 Å². The molecule has 0 aromatic rings. The van der Waals surface area contributed by atoms with Crippen LogP contribution in [0.1, 0.15) is 64.7 Å². The highest BCUT2D eigenvalue weighted by molar-refractivity contribution is 6.07. The highest BCUT2D eigenvalue weighted by Crippen LogP contribution is 2.39. The van der Waals surface area contributed by atoms with E-state index in [9.17, 15) is 9.59 Å². The number of carbonyl (C=O) groups excluding carboxylic acids is 2. The van der Waals surface area contributed by atoms with E-state index in [0.717, 1.165) is 19.3 Å². The van der Waals surface area contributed by atoms with Crippen molar-refractivity contribution in [3.05, 3.63) is 0 Å². The summed E-state index contributed by atoms with van der Waals surface area (Å²) in [6.07, 6.45) is 10.2. The molecule has 20 heavy (non-hydrogen) atoms. The second kappa shape index (κ2) is 5.38. The van der Waals surface area contributed by atoms with Crippen LogP contribution in [-0.4, -0.2) is 28.9 Å². The van der Waals surface area contributed by atoms with Crippen molar-refractivity contribution in [3.8, 4) is 0 Å². The molecule has 1 heterocycles. The zero-order chi connectivity index (χ0) is 14.2. The Morgan fingerprint density at radius 3 is 2.50 bits per heavy atom. The Kier molecular flexibility index (Phi) is 3.74. The Morgan fingerprint density at radius 1 is 1.10 bits per heavy atom. The van der Waals surface area contributed by atoms with E-state index in [1.165, 1.54) is 43.4 Å². The van der Waals surface area contributed by atoms with E-state index in [4.69, 9.17) is 0 Å². The number of imide groups is 1. The third kappa shape index (κ3) is 2.23. The fourth-order valence-corrected chi connectivity index (χ4v) is 4.29. The minimum atomic E-state index is -0.579. The van der Waals surface area contributed by atoms with Crippen LogP contribution in [0.15, 0.2) is 0 Å². The number of hydrogen-bond donors (Lipinski definition) is 1. The van der Waals surface area contributed by atoms with Gasteiger partial charge >= 0.3 is 6.03 Å². The van der Waals surface area contributed by atoms with Crippen LogP contribution in [0.2, 0.25) is 0 Å². The predicted octanol–water partition coefficient (Wildman–Crippen LogP) is 3.07. The lowest BCUT2D eigenvalue weighted by Gasteiger charge is -2.37. The molecule has 112 valence electrons. The molecule has 0 bridgehead atoms. The molecule has 0 aromatic carbocycles. The molecule has 0 unspecified atom stereocenters. The highest BCUT2D eigenvalue weighted by Gasteiger charge is 2.54. The van der Waals surface area contributed by atoms with Crippen LogP contribution in [-0.2, 0) is 4.79 Å². The van der Waals surface area contributed by atoms with Gasteiger partial charge in [-0.05, 0) is 37.5 Å². The molecular formula is C16H26N2O2. The molecule has 1 saturated heterocycles. The lowest BCUT2D eigenvalue weighted by molar-refractivity contribution is -0.134. The van der Waals surface area contributed by atoms with Gasteiger partial charge in [-0.3, -0.25) is 9.69 Å². The normalized spacial score (nSPS) is 35.6. The van der Waals surface area contributed by atoms with Crippen LogP contribution >= 0.6 is 0 Å². The van der Waals surface area contributed by atoms with Gasteiger partial charge < -0.3 is 5.32 Å². The largest absolute Gasteiger partial charge is 0.325 e. The summed E-state index contributed by atoms with van der Waals surface area (Å²) >= 11 is 0. The monoisotopic (exact) mass is 278 g/mol. The quantitative estimate of drug-likeness (QED) is 0.789. The molecule has 3 fully saturated rings. The second-order valence-electron chi connectivity index (χ2n) is 6.97. The van der Waals surface area contributed by atoms with Crippen LogP contribution in [0.3, 0.4) is 0 Å². The van der Waals surface area contributed by atoms with Crippen LogP contribution in [0.5, 0.6) is 0 Å². The summed E-state index contributed by atoms with van der Waals surface area (Å²) in [4.78, 5) is 26.6. The van der Waals surface area contributed by atoms with E-state index in [1.807, 2.05) is 0 Å². The Labute approximate surface area is 121 Å². The first-order valence-electron chi connectivity index (χ1n) is 8.27. The molecule has 2 atom stereocenters. The lowest BCUT2D eigenvalue weighted by Crippen LogP contribution is -2.54. The fraction of sp³-hybridized carbons (Fsp3) is 0.875. The van der Waals surface area contributed by atoms with Crippen molar-refractivity contribution >= 4 is 11.9 Å². The van der Waals surface area contributed by atoms with Crippen molar-refractivity contribution in [2.75, 3.05) is 6.54 Å². The number of amides is 3. The van der Waals surface area contributed by atoms with Crippen molar-refractivity contribution in [1.82, 2.24) is 10.2 Å². The summed E-state index contributed by atoms with van der Waals surface area (Å²) in [5.74, 6) is 0.844. The van der Waals surface area contributed by atoms with E-state index in [0.29, 0.717) is 12.5 Å². The Hall–Kier alpha value is -1.06. The van der Waals surface area contributed by atoms with Gasteiger partial charge in [0.2, 0.25) is 0 Å². The van der Waals surface area contributed by atoms with Gasteiger partial charge in [0.1, 0.15) is 5.54 Å². The summed E-state index contributed by atoms with van der Waals surface area (Å²) in [6.45, 7) is 2.75. The lowest BCUT2D eigenvalue weighted by atomic mass is 9.73. The van der Waals surface area contributed by atoms with Gasteiger partial charge in [-0.15, -0.1) is 0 Å². The first-order valence-corrected chi connectivity index (χ1v) is 8.27. The van der Waals surface area contributed by atoms with E-state index in [1.54, 1.807) is 0 Å². The van der Waals surface area contributed by atoms with Crippen molar-refractivity contribution in [3.63, 3.8) is 0 Å². The summed E-state index contributed by atoms with van der Waals surface area (Å²) in [5.41, 5.74) is -0.579. The zero-order valence-corrected chi connectivity index (χ0v) is 12.5. The zero-order valence-electron chi connectivity index (χ0n) is 12.5. The highest BCUT2D eigenvalue weighted by atomic mass is 16.2. The minimum absolute atomic E-state index is 0.0558. The Morgan fingerprint density at radius 2 is 1.80 bits per heavy atom. The first kappa shape index (κ1) is 13.9. The number of nitrogens with one attached hydrogen (secondary N) is 1. The topological polar surface area (TPSA) is 49.4 Å². The molecule has 1 aliphatic heterocycles. The second-order valence-corrected chi connectivity index (χ2v) is 6.97. The van der Waals surface area contributed by atoms with Gasteiger partial charge in [0.15, 0.2) is 0 Å². The number of nitrogens with zero attached hydrogens (tertiary/aromatic N) is 1. The Bertz CT molecular complexity index is 403. The van der Waals surface area contributed by atoms with Gasteiger partial charge in [0, 0.05) is 6.54 Å². The summed E-state index contributed by atoms with van der Waals surface area (Å²) < 4.78 is 0. The molecule has 2 saturated carbocycles. The minimum Gasteiger partial charge on any atom is -0.323 e. The van der Waals surface area contributed by atoms with Crippen LogP contribution in [0.4, 0.5) is 4.79 Å². The molecule has 4 heteroatoms. The van der Waals surface area contributed by atoms with Crippen LogP contribution in [0.25, 0.3) is 0 Å². The van der Waals surface area contributed by atoms with Gasteiger partial charge in [-0.25, -0.2) is 4.79 Å². The van der Waals surface area contributed by atoms with Gasteiger partial charge in [0.05, 0.1) is 0 Å². The predicted molar refractivity (Wildman–Crippen MR) is 77.2 cm³/mol. The molecule has 3 aliphatic rings. The third-order valence-electron chi connectivity index (χ3n) is 5.67. The maximum absolute atomic E-state index is 12.8. The van der Waals surface area contributed by atoms with Crippen molar-refractivity contribution in [1.29, 1.82) is 0 Å². The molecule has 0 radical (unpaired) electrons. The molecule has 4 nitrogen and oxygen atoms in total. The van der Waals surface area contributed by atoms with Gasteiger partial charge in [0.25, 0.3) is 5.91 Å². The van der Waals surface area contributed by atoms with Crippen LogP contribution < -0.4 is 5.32 Å². The number of carbonyl (C=O) groups is 2. The number of hydrogen-bond acceptors (Lipinski definition) is 2. The molecule has 0 aromatic heterocycles. The maximum atomic E-state index is 12.8. The third-order valence-corrected chi connectivity index (χ3v) is 5.67.